The Hall–Kier alpha value is -1.92. The smallest absolute Gasteiger partial charge is 0.318 e. The average molecular weight is 228 g/mol. The molecule has 1 heterocycles. The third-order valence-corrected chi connectivity index (χ3v) is 2.30. The Bertz CT molecular complexity index is 358. The minimum Gasteiger partial charge on any atom is -0.480 e. The van der Waals surface area contributed by atoms with E-state index < -0.39 is 29.1 Å². The van der Waals surface area contributed by atoms with Gasteiger partial charge in [-0.3, -0.25) is 24.5 Å². The molecule has 0 unspecified atom stereocenters. The first kappa shape index (κ1) is 12.2. The number of aliphatic carboxylic acids is 1. The van der Waals surface area contributed by atoms with Crippen molar-refractivity contribution in [2.45, 2.75) is 13.8 Å². The molecule has 1 saturated heterocycles. The molecule has 0 aromatic carbocycles. The first-order chi connectivity index (χ1) is 7.25. The summed E-state index contributed by atoms with van der Waals surface area (Å²) in [5.74, 6) is -3.25. The lowest BCUT2D eigenvalue weighted by atomic mass is 9.91. The van der Waals surface area contributed by atoms with Crippen molar-refractivity contribution in [3.05, 3.63) is 0 Å². The Morgan fingerprint density at radius 3 is 2.06 bits per heavy atom. The van der Waals surface area contributed by atoms with E-state index in [0.717, 1.165) is 4.90 Å². The summed E-state index contributed by atoms with van der Waals surface area (Å²) in [4.78, 5) is 45.6. The number of hydrogen-bond donors (Lipinski definition) is 2. The number of carboxylic acids is 1. The van der Waals surface area contributed by atoms with Crippen molar-refractivity contribution >= 4 is 23.7 Å². The Morgan fingerprint density at radius 2 is 1.69 bits per heavy atom. The van der Waals surface area contributed by atoms with E-state index >= 15 is 0 Å². The fourth-order valence-electron chi connectivity index (χ4n) is 1.27. The number of amides is 3. The minimum absolute atomic E-state index is 0.290. The second kappa shape index (κ2) is 3.92. The molecular weight excluding hydrogens is 216 g/mol. The van der Waals surface area contributed by atoms with Crippen molar-refractivity contribution < 1.29 is 24.3 Å². The van der Waals surface area contributed by atoms with Crippen LogP contribution in [0.1, 0.15) is 13.8 Å². The van der Waals surface area contributed by atoms with Crippen molar-refractivity contribution in [2.75, 3.05) is 13.1 Å². The van der Waals surface area contributed by atoms with Crippen LogP contribution in [0, 0.1) is 5.41 Å². The van der Waals surface area contributed by atoms with Gasteiger partial charge in [0.1, 0.15) is 18.5 Å². The molecule has 0 aromatic heterocycles. The number of carbonyl (C=O) groups excluding carboxylic acids is 3. The highest BCUT2D eigenvalue weighted by Gasteiger charge is 2.41. The van der Waals surface area contributed by atoms with E-state index in [1.807, 2.05) is 5.32 Å². The van der Waals surface area contributed by atoms with Gasteiger partial charge in [-0.2, -0.15) is 0 Å². The summed E-state index contributed by atoms with van der Waals surface area (Å²) >= 11 is 0. The van der Waals surface area contributed by atoms with E-state index in [0.29, 0.717) is 0 Å². The largest absolute Gasteiger partial charge is 0.480 e. The molecule has 1 aliphatic heterocycles. The number of rotatable bonds is 2. The van der Waals surface area contributed by atoms with Gasteiger partial charge in [0.15, 0.2) is 0 Å². The molecule has 1 aliphatic rings. The molecule has 16 heavy (non-hydrogen) atoms. The lowest BCUT2D eigenvalue weighted by Gasteiger charge is -2.30. The van der Waals surface area contributed by atoms with Crippen LogP contribution in [0.2, 0.25) is 0 Å². The number of carbonyl (C=O) groups is 4. The summed E-state index contributed by atoms with van der Waals surface area (Å²) in [5, 5.41) is 10.9. The molecule has 1 rings (SSSR count). The Kier molecular flexibility index (Phi) is 2.97. The summed E-state index contributed by atoms with van der Waals surface area (Å²) in [7, 11) is 0. The minimum atomic E-state index is -1.64. The Balaban J connectivity index is 2.85. The molecular formula is C9H12N2O5. The summed E-state index contributed by atoms with van der Waals surface area (Å²) in [6.07, 6.45) is 0. The number of piperazine rings is 1. The van der Waals surface area contributed by atoms with Crippen molar-refractivity contribution in [2.24, 2.45) is 5.41 Å². The van der Waals surface area contributed by atoms with Crippen molar-refractivity contribution in [1.82, 2.24) is 10.2 Å². The molecule has 0 radical (unpaired) electrons. The highest BCUT2D eigenvalue weighted by Crippen LogP contribution is 2.19. The molecule has 0 spiro atoms. The van der Waals surface area contributed by atoms with Crippen molar-refractivity contribution in [3.63, 3.8) is 0 Å². The number of imide groups is 1. The van der Waals surface area contributed by atoms with E-state index in [1.165, 1.54) is 13.8 Å². The fraction of sp³-hybridized carbons (Fsp3) is 0.556. The number of carboxylic acid groups (broad SMARTS) is 1. The summed E-state index contributed by atoms with van der Waals surface area (Å²) in [6.45, 7) is 1.88. The highest BCUT2D eigenvalue weighted by molar-refractivity contribution is 6.07. The van der Waals surface area contributed by atoms with Crippen LogP contribution in [0.15, 0.2) is 0 Å². The second-order valence-corrected chi connectivity index (χ2v) is 4.06. The lowest BCUT2D eigenvalue weighted by molar-refractivity contribution is -0.161. The molecule has 0 aromatic rings. The maximum absolute atomic E-state index is 11.8. The molecule has 7 heteroatoms. The summed E-state index contributed by atoms with van der Waals surface area (Å²) < 4.78 is 0. The molecule has 7 nitrogen and oxygen atoms in total. The van der Waals surface area contributed by atoms with Crippen LogP contribution in [-0.2, 0) is 19.2 Å². The van der Waals surface area contributed by atoms with Gasteiger partial charge in [-0.1, -0.05) is 0 Å². The molecule has 0 aliphatic carbocycles. The van der Waals surface area contributed by atoms with Crippen LogP contribution in [0.25, 0.3) is 0 Å². The van der Waals surface area contributed by atoms with Gasteiger partial charge in [-0.25, -0.2) is 0 Å². The summed E-state index contributed by atoms with van der Waals surface area (Å²) in [6, 6.07) is 0. The van der Waals surface area contributed by atoms with Crippen LogP contribution < -0.4 is 5.32 Å². The van der Waals surface area contributed by atoms with E-state index in [9.17, 15) is 19.2 Å². The third kappa shape index (κ3) is 2.18. The van der Waals surface area contributed by atoms with E-state index in [4.69, 9.17) is 5.11 Å². The van der Waals surface area contributed by atoms with E-state index in [2.05, 4.69) is 0 Å². The number of nitrogens with one attached hydrogen (secondary N) is 1. The van der Waals surface area contributed by atoms with Crippen LogP contribution in [0.3, 0.4) is 0 Å². The standard InChI is InChI=1S/C9H12N2O5/c1-9(2,8(15)16)7(14)11-3-5(12)10-6(13)4-11/h3-4H2,1-2H3,(H,15,16)(H,10,12,13). The van der Waals surface area contributed by atoms with Gasteiger partial charge in [0.25, 0.3) is 0 Å². The van der Waals surface area contributed by atoms with Crippen LogP contribution in [-0.4, -0.2) is 46.8 Å². The number of nitrogens with zero attached hydrogens (tertiary/aromatic N) is 1. The molecule has 0 atom stereocenters. The van der Waals surface area contributed by atoms with Crippen LogP contribution in [0.4, 0.5) is 0 Å². The van der Waals surface area contributed by atoms with Crippen LogP contribution >= 0.6 is 0 Å². The quantitative estimate of drug-likeness (QED) is 0.446. The van der Waals surface area contributed by atoms with Gasteiger partial charge in [-0.15, -0.1) is 0 Å². The van der Waals surface area contributed by atoms with Gasteiger partial charge in [0.2, 0.25) is 17.7 Å². The summed E-state index contributed by atoms with van der Waals surface area (Å²) in [5.41, 5.74) is -1.64. The predicted octanol–water partition coefficient (Wildman–Crippen LogP) is -1.42. The first-order valence-electron chi connectivity index (χ1n) is 4.60. The van der Waals surface area contributed by atoms with Crippen LogP contribution in [0.5, 0.6) is 0 Å². The van der Waals surface area contributed by atoms with Gasteiger partial charge in [0.05, 0.1) is 0 Å². The SMILES string of the molecule is CC(C)(C(=O)O)C(=O)N1CC(=O)NC(=O)C1. The molecule has 0 bridgehead atoms. The predicted molar refractivity (Wildman–Crippen MR) is 51.1 cm³/mol. The van der Waals surface area contributed by atoms with Gasteiger partial charge < -0.3 is 10.0 Å². The number of hydrogen-bond acceptors (Lipinski definition) is 4. The fourth-order valence-corrected chi connectivity index (χ4v) is 1.27. The maximum Gasteiger partial charge on any atom is 0.318 e. The lowest BCUT2D eigenvalue weighted by Crippen LogP contribution is -2.57. The average Bonchev–Trinajstić information content (AvgIpc) is 2.14. The zero-order chi connectivity index (χ0) is 12.5. The Morgan fingerprint density at radius 1 is 1.25 bits per heavy atom. The molecule has 2 N–H and O–H groups in total. The van der Waals surface area contributed by atoms with Crippen molar-refractivity contribution in [1.29, 1.82) is 0 Å². The molecule has 1 fully saturated rings. The zero-order valence-electron chi connectivity index (χ0n) is 8.94. The maximum atomic E-state index is 11.8. The zero-order valence-corrected chi connectivity index (χ0v) is 8.94. The highest BCUT2D eigenvalue weighted by atomic mass is 16.4. The first-order valence-corrected chi connectivity index (χ1v) is 4.60. The second-order valence-electron chi connectivity index (χ2n) is 4.06. The van der Waals surface area contributed by atoms with Gasteiger partial charge in [-0.05, 0) is 13.8 Å². The normalized spacial score (nSPS) is 17.0. The van der Waals surface area contributed by atoms with E-state index in [1.54, 1.807) is 0 Å². The van der Waals surface area contributed by atoms with Gasteiger partial charge in [0, 0.05) is 0 Å². The monoisotopic (exact) mass is 228 g/mol. The third-order valence-electron chi connectivity index (χ3n) is 2.30. The molecule has 88 valence electrons. The molecule has 3 amide bonds. The topological polar surface area (TPSA) is 104 Å². The van der Waals surface area contributed by atoms with E-state index in [-0.39, 0.29) is 13.1 Å². The molecule has 0 saturated carbocycles. The van der Waals surface area contributed by atoms with Crippen molar-refractivity contribution in [3.8, 4) is 0 Å². The Labute approximate surface area is 91.4 Å². The van der Waals surface area contributed by atoms with Gasteiger partial charge >= 0.3 is 5.97 Å².